The molecule has 0 radical (unpaired) electrons. The average molecular weight is 367 g/mol. The predicted molar refractivity (Wildman–Crippen MR) is 102 cm³/mol. The van der Waals surface area contributed by atoms with Crippen molar-refractivity contribution in [2.45, 2.75) is 6.54 Å². The summed E-state index contributed by atoms with van der Waals surface area (Å²) in [6, 6.07) is 14.8. The molecule has 6 heteroatoms. The number of ether oxygens (including phenoxy) is 1. The number of methoxy groups -OCH3 is 1. The zero-order chi connectivity index (χ0) is 18.8. The summed E-state index contributed by atoms with van der Waals surface area (Å²) in [7, 11) is 1.46. The van der Waals surface area contributed by atoms with Gasteiger partial charge in [-0.05, 0) is 29.8 Å². The number of hydrogen-bond donors (Lipinski definition) is 1. The topological polar surface area (TPSA) is 48.6 Å². The van der Waals surface area contributed by atoms with Crippen LogP contribution < -0.4 is 4.74 Å². The Balaban J connectivity index is 1.37. The SMILES string of the molecule is COc1ccc(CN2CCN(C(=O)c3cc4ccccc4[nH]3)CC2)cc1F. The molecule has 140 valence electrons. The van der Waals surface area contributed by atoms with Crippen LogP contribution in [0.4, 0.5) is 4.39 Å². The fourth-order valence-corrected chi connectivity index (χ4v) is 3.53. The average Bonchev–Trinajstić information content (AvgIpc) is 3.12. The number of nitrogens with zero attached hydrogens (tertiary/aromatic N) is 2. The lowest BCUT2D eigenvalue weighted by atomic mass is 10.1. The second-order valence-electron chi connectivity index (χ2n) is 6.81. The highest BCUT2D eigenvalue weighted by atomic mass is 19.1. The lowest BCUT2D eigenvalue weighted by Crippen LogP contribution is -2.48. The maximum Gasteiger partial charge on any atom is 0.270 e. The number of hydrogen-bond acceptors (Lipinski definition) is 3. The predicted octanol–water partition coefficient (Wildman–Crippen LogP) is 3.27. The molecule has 1 fully saturated rings. The smallest absolute Gasteiger partial charge is 0.270 e. The molecule has 2 heterocycles. The number of aromatic nitrogens is 1. The van der Waals surface area contributed by atoms with Gasteiger partial charge in [0.1, 0.15) is 5.69 Å². The Labute approximate surface area is 157 Å². The van der Waals surface area contributed by atoms with Crippen LogP contribution in [0.15, 0.2) is 48.5 Å². The summed E-state index contributed by atoms with van der Waals surface area (Å²) in [4.78, 5) is 20.1. The Bertz CT molecular complexity index is 928. The van der Waals surface area contributed by atoms with Crippen molar-refractivity contribution < 1.29 is 13.9 Å². The number of fused-ring (bicyclic) bond motifs is 1. The standard InChI is InChI=1S/C21H22FN3O2/c1-27-20-7-6-15(12-17(20)22)14-24-8-10-25(11-9-24)21(26)19-13-16-4-2-3-5-18(16)23-19/h2-7,12-13,23H,8-11,14H2,1H3. The molecule has 1 N–H and O–H groups in total. The zero-order valence-electron chi connectivity index (χ0n) is 15.2. The van der Waals surface area contributed by atoms with E-state index in [1.54, 1.807) is 6.07 Å². The quantitative estimate of drug-likeness (QED) is 0.770. The molecule has 0 saturated carbocycles. The summed E-state index contributed by atoms with van der Waals surface area (Å²) in [5, 5.41) is 1.04. The summed E-state index contributed by atoms with van der Waals surface area (Å²) in [5.41, 5.74) is 2.51. The third-order valence-corrected chi connectivity index (χ3v) is 5.04. The minimum atomic E-state index is -0.345. The second kappa shape index (κ2) is 7.40. The Morgan fingerprint density at radius 1 is 1.11 bits per heavy atom. The molecule has 2 aromatic carbocycles. The van der Waals surface area contributed by atoms with Crippen molar-refractivity contribution in [3.8, 4) is 5.75 Å². The van der Waals surface area contributed by atoms with Crippen LogP contribution in [0.5, 0.6) is 5.75 Å². The van der Waals surface area contributed by atoms with Gasteiger partial charge in [0.25, 0.3) is 5.91 Å². The van der Waals surface area contributed by atoms with E-state index >= 15 is 0 Å². The fraction of sp³-hybridized carbons (Fsp3) is 0.286. The first kappa shape index (κ1) is 17.5. The molecule has 0 aliphatic carbocycles. The maximum atomic E-state index is 13.8. The molecule has 1 saturated heterocycles. The normalized spacial score (nSPS) is 15.3. The number of carbonyl (C=O) groups excluding carboxylic acids is 1. The van der Waals surface area contributed by atoms with Gasteiger partial charge < -0.3 is 14.6 Å². The zero-order valence-corrected chi connectivity index (χ0v) is 15.2. The highest BCUT2D eigenvalue weighted by molar-refractivity contribution is 5.98. The van der Waals surface area contributed by atoms with E-state index in [1.807, 2.05) is 41.3 Å². The van der Waals surface area contributed by atoms with E-state index in [1.165, 1.54) is 13.2 Å². The molecular weight excluding hydrogens is 345 g/mol. The molecule has 1 aromatic heterocycles. The van der Waals surface area contributed by atoms with Gasteiger partial charge in [-0.3, -0.25) is 9.69 Å². The molecule has 1 aliphatic heterocycles. The van der Waals surface area contributed by atoms with E-state index in [-0.39, 0.29) is 17.5 Å². The van der Waals surface area contributed by atoms with Crippen molar-refractivity contribution in [3.63, 3.8) is 0 Å². The third kappa shape index (κ3) is 3.66. The molecule has 0 unspecified atom stereocenters. The van der Waals surface area contributed by atoms with Crippen molar-refractivity contribution in [1.29, 1.82) is 0 Å². The van der Waals surface area contributed by atoms with Crippen LogP contribution in [0.25, 0.3) is 10.9 Å². The van der Waals surface area contributed by atoms with Gasteiger partial charge in [0.15, 0.2) is 11.6 Å². The van der Waals surface area contributed by atoms with Crippen LogP contribution in [0, 0.1) is 5.82 Å². The van der Waals surface area contributed by atoms with E-state index in [4.69, 9.17) is 4.74 Å². The molecule has 27 heavy (non-hydrogen) atoms. The number of rotatable bonds is 4. The number of amides is 1. The highest BCUT2D eigenvalue weighted by Gasteiger charge is 2.23. The van der Waals surface area contributed by atoms with Gasteiger partial charge in [-0.15, -0.1) is 0 Å². The second-order valence-corrected chi connectivity index (χ2v) is 6.81. The highest BCUT2D eigenvalue weighted by Crippen LogP contribution is 2.20. The third-order valence-electron chi connectivity index (χ3n) is 5.04. The minimum absolute atomic E-state index is 0.0290. The van der Waals surface area contributed by atoms with Crippen LogP contribution in [0.1, 0.15) is 16.1 Å². The van der Waals surface area contributed by atoms with Gasteiger partial charge in [-0.1, -0.05) is 24.3 Å². The maximum absolute atomic E-state index is 13.8. The molecule has 1 amide bonds. The molecule has 1 aliphatic rings. The Hall–Kier alpha value is -2.86. The van der Waals surface area contributed by atoms with E-state index < -0.39 is 0 Å². The number of carbonyl (C=O) groups is 1. The largest absolute Gasteiger partial charge is 0.494 e. The minimum Gasteiger partial charge on any atom is -0.494 e. The number of piperazine rings is 1. The van der Waals surface area contributed by atoms with Crippen LogP contribution in [-0.2, 0) is 6.54 Å². The van der Waals surface area contributed by atoms with Crippen molar-refractivity contribution in [2.24, 2.45) is 0 Å². The van der Waals surface area contributed by atoms with E-state index in [0.717, 1.165) is 29.6 Å². The van der Waals surface area contributed by atoms with Crippen LogP contribution in [0.3, 0.4) is 0 Å². The summed E-state index contributed by atoms with van der Waals surface area (Å²) >= 11 is 0. The molecule has 4 rings (SSSR count). The number of aromatic amines is 1. The van der Waals surface area contributed by atoms with E-state index in [9.17, 15) is 9.18 Å². The molecule has 0 atom stereocenters. The Kier molecular flexibility index (Phi) is 4.81. The van der Waals surface area contributed by atoms with Gasteiger partial charge in [-0.2, -0.15) is 0 Å². The van der Waals surface area contributed by atoms with Crippen molar-refractivity contribution in [1.82, 2.24) is 14.8 Å². The first-order chi connectivity index (χ1) is 13.1. The van der Waals surface area contributed by atoms with Crippen molar-refractivity contribution in [2.75, 3.05) is 33.3 Å². The van der Waals surface area contributed by atoms with Crippen LogP contribution in [-0.4, -0.2) is 54.0 Å². The lowest BCUT2D eigenvalue weighted by molar-refractivity contribution is 0.0623. The van der Waals surface area contributed by atoms with Gasteiger partial charge in [0.2, 0.25) is 0 Å². The Morgan fingerprint density at radius 3 is 2.59 bits per heavy atom. The van der Waals surface area contributed by atoms with Crippen molar-refractivity contribution >= 4 is 16.8 Å². The van der Waals surface area contributed by atoms with Gasteiger partial charge in [0, 0.05) is 43.6 Å². The molecular formula is C21H22FN3O2. The molecule has 0 bridgehead atoms. The molecule has 0 spiro atoms. The number of nitrogens with one attached hydrogen (secondary N) is 1. The summed E-state index contributed by atoms with van der Waals surface area (Å²) in [5.74, 6) is -0.0588. The number of halogens is 1. The van der Waals surface area contributed by atoms with Gasteiger partial charge in [-0.25, -0.2) is 4.39 Å². The van der Waals surface area contributed by atoms with Crippen LogP contribution in [0.2, 0.25) is 0 Å². The van der Waals surface area contributed by atoms with Crippen LogP contribution >= 0.6 is 0 Å². The Morgan fingerprint density at radius 2 is 1.89 bits per heavy atom. The first-order valence-corrected chi connectivity index (χ1v) is 9.06. The molecule has 3 aromatic rings. The van der Waals surface area contributed by atoms with E-state index in [2.05, 4.69) is 9.88 Å². The number of benzene rings is 2. The number of H-pyrrole nitrogens is 1. The number of para-hydroxylation sites is 1. The fourth-order valence-electron chi connectivity index (χ4n) is 3.53. The van der Waals surface area contributed by atoms with Gasteiger partial charge in [0.05, 0.1) is 7.11 Å². The van der Waals surface area contributed by atoms with Gasteiger partial charge >= 0.3 is 0 Å². The monoisotopic (exact) mass is 367 g/mol. The van der Waals surface area contributed by atoms with E-state index in [0.29, 0.717) is 25.3 Å². The summed E-state index contributed by atoms with van der Waals surface area (Å²) in [6.07, 6.45) is 0. The van der Waals surface area contributed by atoms with Crippen molar-refractivity contribution in [3.05, 3.63) is 65.6 Å². The summed E-state index contributed by atoms with van der Waals surface area (Å²) < 4.78 is 18.8. The first-order valence-electron chi connectivity index (χ1n) is 9.06. The molecule has 5 nitrogen and oxygen atoms in total. The summed E-state index contributed by atoms with van der Waals surface area (Å²) in [6.45, 7) is 3.51. The lowest BCUT2D eigenvalue weighted by Gasteiger charge is -2.34.